The first kappa shape index (κ1) is 18.0. The van der Waals surface area contributed by atoms with Crippen molar-refractivity contribution in [3.8, 4) is 17.2 Å². The molecule has 2 aromatic rings. The van der Waals surface area contributed by atoms with Gasteiger partial charge in [-0.2, -0.15) is 5.26 Å². The van der Waals surface area contributed by atoms with Crippen LogP contribution in [0.3, 0.4) is 0 Å². The van der Waals surface area contributed by atoms with Gasteiger partial charge in [0.1, 0.15) is 6.07 Å². The molecule has 0 saturated heterocycles. The second-order valence-corrected chi connectivity index (χ2v) is 6.03. The van der Waals surface area contributed by atoms with E-state index in [9.17, 15) is 5.26 Å². The van der Waals surface area contributed by atoms with Crippen LogP contribution in [0.4, 0.5) is 17.1 Å². The van der Waals surface area contributed by atoms with Gasteiger partial charge in [-0.05, 0) is 35.4 Å². The molecule has 0 heterocycles. The maximum absolute atomic E-state index is 9.39. The minimum absolute atomic E-state index is 0.517. The second kappa shape index (κ2) is 7.97. The SMILES string of the molecule is CN(C)C=Nc1ccc(-c2ccc(N=CN(C)C)c(C#N)c2)cc1N. The number of aliphatic imine (C=N–C) groups is 2. The summed E-state index contributed by atoms with van der Waals surface area (Å²) < 4.78 is 0. The maximum Gasteiger partial charge on any atom is 0.101 e. The number of benzene rings is 2. The maximum atomic E-state index is 9.39. The summed E-state index contributed by atoms with van der Waals surface area (Å²) in [6.07, 6.45) is 3.38. The molecule has 2 N–H and O–H groups in total. The molecule has 0 radical (unpaired) electrons. The number of hydrogen-bond acceptors (Lipinski definition) is 4. The summed E-state index contributed by atoms with van der Waals surface area (Å²) in [7, 11) is 7.57. The van der Waals surface area contributed by atoms with Gasteiger partial charge in [-0.25, -0.2) is 9.98 Å². The van der Waals surface area contributed by atoms with Crippen molar-refractivity contribution in [2.24, 2.45) is 9.98 Å². The van der Waals surface area contributed by atoms with E-state index in [1.54, 1.807) is 12.7 Å². The molecule has 0 unspecified atom stereocenters. The summed E-state index contributed by atoms with van der Waals surface area (Å²) in [5.74, 6) is 0. The van der Waals surface area contributed by atoms with Gasteiger partial charge in [-0.1, -0.05) is 12.1 Å². The molecular weight excluding hydrogens is 312 g/mol. The van der Waals surface area contributed by atoms with Crippen LogP contribution < -0.4 is 5.73 Å². The monoisotopic (exact) mass is 334 g/mol. The molecule has 0 atom stereocenters. The van der Waals surface area contributed by atoms with E-state index in [0.717, 1.165) is 11.1 Å². The Balaban J connectivity index is 2.36. The van der Waals surface area contributed by atoms with E-state index in [1.165, 1.54) is 0 Å². The number of nitrogens with two attached hydrogens (primary N) is 1. The highest BCUT2D eigenvalue weighted by molar-refractivity contribution is 5.78. The lowest BCUT2D eigenvalue weighted by Gasteiger charge is -2.09. The molecule has 0 aliphatic carbocycles. The van der Waals surface area contributed by atoms with E-state index in [1.807, 2.05) is 74.4 Å². The van der Waals surface area contributed by atoms with Gasteiger partial charge in [0, 0.05) is 28.2 Å². The summed E-state index contributed by atoms with van der Waals surface area (Å²) in [5.41, 5.74) is 10.4. The third kappa shape index (κ3) is 4.82. The van der Waals surface area contributed by atoms with Crippen LogP contribution in [0.25, 0.3) is 11.1 Å². The largest absolute Gasteiger partial charge is 0.397 e. The number of hydrogen-bond donors (Lipinski definition) is 1. The molecule has 0 fully saturated rings. The first-order chi connectivity index (χ1) is 11.9. The number of nitrogen functional groups attached to an aromatic ring is 1. The van der Waals surface area contributed by atoms with E-state index >= 15 is 0 Å². The normalized spacial score (nSPS) is 11.0. The molecule has 6 nitrogen and oxygen atoms in total. The molecule has 128 valence electrons. The Morgan fingerprint density at radius 2 is 1.40 bits per heavy atom. The van der Waals surface area contributed by atoms with Crippen molar-refractivity contribution in [3.63, 3.8) is 0 Å². The fourth-order valence-electron chi connectivity index (χ4n) is 2.12. The molecule has 2 aromatic carbocycles. The third-order valence-electron chi connectivity index (χ3n) is 3.33. The van der Waals surface area contributed by atoms with Gasteiger partial charge in [-0.3, -0.25) is 0 Å². The summed E-state index contributed by atoms with van der Waals surface area (Å²) in [5, 5.41) is 9.39. The highest BCUT2D eigenvalue weighted by Gasteiger charge is 2.06. The Labute approximate surface area is 148 Å². The second-order valence-electron chi connectivity index (χ2n) is 6.03. The van der Waals surface area contributed by atoms with Crippen LogP contribution in [-0.2, 0) is 0 Å². The number of anilines is 1. The molecule has 0 aromatic heterocycles. The summed E-state index contributed by atoms with van der Waals surface area (Å²) >= 11 is 0. The van der Waals surface area contributed by atoms with Crippen molar-refractivity contribution in [2.45, 2.75) is 0 Å². The minimum atomic E-state index is 0.517. The van der Waals surface area contributed by atoms with Crippen molar-refractivity contribution in [1.29, 1.82) is 5.26 Å². The smallest absolute Gasteiger partial charge is 0.101 e. The predicted molar refractivity (Wildman–Crippen MR) is 105 cm³/mol. The van der Waals surface area contributed by atoms with E-state index in [4.69, 9.17) is 5.73 Å². The number of nitriles is 1. The molecule has 0 bridgehead atoms. The Hall–Kier alpha value is -3.33. The fourth-order valence-corrected chi connectivity index (χ4v) is 2.12. The molecule has 6 heteroatoms. The molecule has 0 amide bonds. The highest BCUT2D eigenvalue weighted by atomic mass is 15.1. The van der Waals surface area contributed by atoms with Gasteiger partial charge in [0.05, 0.1) is 35.3 Å². The average Bonchev–Trinajstić information content (AvgIpc) is 2.58. The Morgan fingerprint density at radius 3 is 1.92 bits per heavy atom. The molecule has 25 heavy (non-hydrogen) atoms. The lowest BCUT2D eigenvalue weighted by atomic mass is 10.0. The van der Waals surface area contributed by atoms with Gasteiger partial charge in [-0.15, -0.1) is 0 Å². The standard InChI is InChI=1S/C19H22N6/c1-24(2)12-22-18-7-5-14(9-16(18)11-20)15-6-8-19(17(21)10-15)23-13-25(3)4/h5-10,12-13H,21H2,1-4H3. The van der Waals surface area contributed by atoms with E-state index in [0.29, 0.717) is 22.6 Å². The zero-order valence-electron chi connectivity index (χ0n) is 14.9. The quantitative estimate of drug-likeness (QED) is 0.517. The van der Waals surface area contributed by atoms with E-state index in [-0.39, 0.29) is 0 Å². The van der Waals surface area contributed by atoms with E-state index < -0.39 is 0 Å². The average molecular weight is 334 g/mol. The lowest BCUT2D eigenvalue weighted by molar-refractivity contribution is 0.643. The van der Waals surface area contributed by atoms with E-state index in [2.05, 4.69) is 16.1 Å². The molecule has 0 saturated carbocycles. The van der Waals surface area contributed by atoms with Gasteiger partial charge in [0.25, 0.3) is 0 Å². The molecule has 2 rings (SSSR count). The van der Waals surface area contributed by atoms with Crippen molar-refractivity contribution < 1.29 is 0 Å². The molecule has 0 spiro atoms. The first-order valence-corrected chi connectivity index (χ1v) is 7.76. The van der Waals surface area contributed by atoms with Crippen molar-refractivity contribution >= 4 is 29.7 Å². The zero-order chi connectivity index (χ0) is 18.4. The minimum Gasteiger partial charge on any atom is -0.397 e. The zero-order valence-corrected chi connectivity index (χ0v) is 14.9. The van der Waals surface area contributed by atoms with Crippen molar-refractivity contribution in [3.05, 3.63) is 42.0 Å². The Morgan fingerprint density at radius 1 is 0.880 bits per heavy atom. The number of rotatable bonds is 5. The van der Waals surface area contributed by atoms with Gasteiger partial charge in [0.15, 0.2) is 0 Å². The summed E-state index contributed by atoms with van der Waals surface area (Å²) in [4.78, 5) is 12.3. The van der Waals surface area contributed by atoms with Crippen molar-refractivity contribution in [1.82, 2.24) is 9.80 Å². The van der Waals surface area contributed by atoms with Crippen molar-refractivity contribution in [2.75, 3.05) is 33.9 Å². The Bertz CT molecular complexity index is 843. The fraction of sp³-hybridized carbons (Fsp3) is 0.211. The molecular formula is C19H22N6. The van der Waals surface area contributed by atoms with Crippen LogP contribution in [0.5, 0.6) is 0 Å². The molecule has 0 aliphatic heterocycles. The van der Waals surface area contributed by atoms with Crippen LogP contribution in [-0.4, -0.2) is 50.7 Å². The molecule has 0 aliphatic rings. The summed E-state index contributed by atoms with van der Waals surface area (Å²) in [6.45, 7) is 0. The lowest BCUT2D eigenvalue weighted by Crippen LogP contribution is -2.07. The van der Waals surface area contributed by atoms with Crippen LogP contribution in [0.15, 0.2) is 46.4 Å². The van der Waals surface area contributed by atoms with Crippen LogP contribution in [0.1, 0.15) is 5.56 Å². The van der Waals surface area contributed by atoms with Crippen LogP contribution in [0, 0.1) is 11.3 Å². The van der Waals surface area contributed by atoms with Crippen LogP contribution in [0.2, 0.25) is 0 Å². The number of nitrogens with zero attached hydrogens (tertiary/aromatic N) is 5. The highest BCUT2D eigenvalue weighted by Crippen LogP contribution is 2.31. The predicted octanol–water partition coefficient (Wildman–Crippen LogP) is 3.25. The Kier molecular flexibility index (Phi) is 5.75. The van der Waals surface area contributed by atoms with Crippen LogP contribution >= 0.6 is 0 Å². The van der Waals surface area contributed by atoms with Gasteiger partial charge >= 0.3 is 0 Å². The first-order valence-electron chi connectivity index (χ1n) is 7.76. The topological polar surface area (TPSA) is 81.0 Å². The summed E-state index contributed by atoms with van der Waals surface area (Å²) in [6, 6.07) is 13.5. The van der Waals surface area contributed by atoms with Gasteiger partial charge in [0.2, 0.25) is 0 Å². The van der Waals surface area contributed by atoms with Gasteiger partial charge < -0.3 is 15.5 Å². The third-order valence-corrected chi connectivity index (χ3v) is 3.33.